The Morgan fingerprint density at radius 1 is 1.60 bits per heavy atom. The van der Waals surface area contributed by atoms with E-state index in [1.807, 2.05) is 13.1 Å². The quantitative estimate of drug-likeness (QED) is 0.706. The maximum absolute atomic E-state index is 12.9. The maximum Gasteiger partial charge on any atom is 0.275 e. The van der Waals surface area contributed by atoms with Gasteiger partial charge in [0.1, 0.15) is 12.4 Å². The first-order valence-electron chi connectivity index (χ1n) is 4.86. The molecule has 82 valence electrons. The van der Waals surface area contributed by atoms with E-state index in [1.165, 1.54) is 12.1 Å². The van der Waals surface area contributed by atoms with Crippen LogP contribution in [0.25, 0.3) is 0 Å². The summed E-state index contributed by atoms with van der Waals surface area (Å²) in [4.78, 5) is 11.9. The molecule has 0 aliphatic carbocycles. The van der Waals surface area contributed by atoms with Crippen molar-refractivity contribution in [2.24, 2.45) is 5.73 Å². The van der Waals surface area contributed by atoms with E-state index in [1.54, 1.807) is 13.0 Å². The molecule has 0 spiro atoms. The maximum atomic E-state index is 12.9. The number of halogens is 1. The van der Waals surface area contributed by atoms with Gasteiger partial charge in [0.05, 0.1) is 7.05 Å². The molecule has 0 radical (unpaired) electrons. The molecule has 0 saturated heterocycles. The third kappa shape index (κ3) is 3.32. The summed E-state index contributed by atoms with van der Waals surface area (Å²) in [6, 6.07) is 6.09. The van der Waals surface area contributed by atoms with E-state index in [2.05, 4.69) is 0 Å². The summed E-state index contributed by atoms with van der Waals surface area (Å²) in [5.74, 6) is -0.601. The minimum Gasteiger partial charge on any atom is -0.365 e. The molecule has 0 saturated carbocycles. The molecule has 0 heterocycles. The fourth-order valence-corrected chi connectivity index (χ4v) is 1.36. The first kappa shape index (κ1) is 11.7. The minimum atomic E-state index is -0.344. The van der Waals surface area contributed by atoms with Crippen LogP contribution in [-0.2, 0) is 11.3 Å². The Balaban J connectivity index is 2.66. The van der Waals surface area contributed by atoms with Crippen molar-refractivity contribution in [1.29, 1.82) is 0 Å². The first-order chi connectivity index (χ1) is 7.00. The van der Waals surface area contributed by atoms with Gasteiger partial charge >= 0.3 is 0 Å². The number of likely N-dealkylation sites (N-methyl/N-ethyl adjacent to an activating group) is 1. The highest BCUT2D eigenvalue weighted by molar-refractivity contribution is 5.77. The zero-order valence-electron chi connectivity index (χ0n) is 8.96. The number of nitrogens with two attached hydrogens (primary N) is 1. The second-order valence-corrected chi connectivity index (χ2v) is 3.78. The lowest BCUT2D eigenvalue weighted by Gasteiger charge is -2.18. The van der Waals surface area contributed by atoms with Gasteiger partial charge in [-0.05, 0) is 19.1 Å². The standard InChI is InChI=1S/C11H15FN2O/c1-8(11(13)15)14(2)7-9-4-3-5-10(12)6-9/h3-6,8H,7H2,1-2H3,(H2,13,15)/p+1/t8-/m0/s1. The number of benzene rings is 1. The molecule has 3 N–H and O–H groups in total. The number of primary amides is 1. The van der Waals surface area contributed by atoms with Crippen LogP contribution in [0.1, 0.15) is 12.5 Å². The summed E-state index contributed by atoms with van der Waals surface area (Å²) >= 11 is 0. The van der Waals surface area contributed by atoms with E-state index in [0.717, 1.165) is 10.5 Å². The lowest BCUT2D eigenvalue weighted by Crippen LogP contribution is -3.12. The van der Waals surface area contributed by atoms with Gasteiger partial charge in [-0.25, -0.2) is 4.39 Å². The molecule has 0 aromatic heterocycles. The van der Waals surface area contributed by atoms with E-state index in [-0.39, 0.29) is 17.8 Å². The lowest BCUT2D eigenvalue weighted by atomic mass is 10.2. The number of quaternary nitrogens is 1. The number of rotatable bonds is 4. The largest absolute Gasteiger partial charge is 0.365 e. The Labute approximate surface area is 88.7 Å². The number of carbonyl (C=O) groups excluding carboxylic acids is 1. The number of hydrogen-bond acceptors (Lipinski definition) is 1. The molecule has 1 rings (SSSR count). The molecule has 2 atom stereocenters. The summed E-state index contributed by atoms with van der Waals surface area (Å²) < 4.78 is 12.9. The predicted molar refractivity (Wildman–Crippen MR) is 55.6 cm³/mol. The van der Waals surface area contributed by atoms with Crippen molar-refractivity contribution in [3.05, 3.63) is 35.6 Å². The zero-order valence-corrected chi connectivity index (χ0v) is 8.96. The number of amides is 1. The molecule has 0 bridgehead atoms. The Hall–Kier alpha value is -1.42. The normalized spacial score (nSPS) is 14.6. The van der Waals surface area contributed by atoms with Crippen LogP contribution in [0.2, 0.25) is 0 Å². The van der Waals surface area contributed by atoms with Gasteiger partial charge in [-0.15, -0.1) is 0 Å². The highest BCUT2D eigenvalue weighted by Crippen LogP contribution is 2.01. The molecule has 1 unspecified atom stereocenters. The van der Waals surface area contributed by atoms with Gasteiger partial charge in [0.15, 0.2) is 6.04 Å². The Bertz CT molecular complexity index is 354. The molecule has 4 heteroatoms. The van der Waals surface area contributed by atoms with Gasteiger partial charge < -0.3 is 10.6 Å². The minimum absolute atomic E-state index is 0.257. The van der Waals surface area contributed by atoms with Crippen LogP contribution < -0.4 is 10.6 Å². The molecular weight excluding hydrogens is 195 g/mol. The van der Waals surface area contributed by atoms with Gasteiger partial charge in [-0.3, -0.25) is 4.79 Å². The SMILES string of the molecule is C[C@@H](C(N)=O)[NH+](C)Cc1cccc(F)c1. The van der Waals surface area contributed by atoms with E-state index >= 15 is 0 Å². The van der Waals surface area contributed by atoms with E-state index < -0.39 is 0 Å². The second kappa shape index (κ2) is 4.89. The van der Waals surface area contributed by atoms with Crippen LogP contribution >= 0.6 is 0 Å². The molecule has 0 fully saturated rings. The number of nitrogens with one attached hydrogen (secondary N) is 1. The molecule has 0 aliphatic rings. The van der Waals surface area contributed by atoms with Gasteiger partial charge in [0, 0.05) is 5.56 Å². The van der Waals surface area contributed by atoms with E-state index in [0.29, 0.717) is 6.54 Å². The summed E-state index contributed by atoms with van der Waals surface area (Å²) in [5, 5.41) is 0. The number of hydrogen-bond donors (Lipinski definition) is 2. The lowest BCUT2D eigenvalue weighted by molar-refractivity contribution is -0.908. The average molecular weight is 211 g/mol. The fraction of sp³-hybridized carbons (Fsp3) is 0.364. The third-order valence-electron chi connectivity index (χ3n) is 2.54. The van der Waals surface area contributed by atoms with E-state index in [9.17, 15) is 9.18 Å². The molecule has 15 heavy (non-hydrogen) atoms. The van der Waals surface area contributed by atoms with Crippen LogP contribution in [0.3, 0.4) is 0 Å². The fourth-order valence-electron chi connectivity index (χ4n) is 1.36. The summed E-state index contributed by atoms with van der Waals surface area (Å²) in [5.41, 5.74) is 6.05. The summed E-state index contributed by atoms with van der Waals surface area (Å²) in [7, 11) is 1.86. The van der Waals surface area contributed by atoms with Crippen LogP contribution in [0.4, 0.5) is 4.39 Å². The van der Waals surface area contributed by atoms with Crippen molar-refractivity contribution in [3.63, 3.8) is 0 Å². The van der Waals surface area contributed by atoms with Gasteiger partial charge in [-0.1, -0.05) is 12.1 Å². The van der Waals surface area contributed by atoms with Gasteiger partial charge in [0.25, 0.3) is 5.91 Å². The Kier molecular flexibility index (Phi) is 3.80. The second-order valence-electron chi connectivity index (χ2n) is 3.78. The van der Waals surface area contributed by atoms with Crippen molar-refractivity contribution in [2.75, 3.05) is 7.05 Å². The van der Waals surface area contributed by atoms with Crippen LogP contribution in [-0.4, -0.2) is 19.0 Å². The van der Waals surface area contributed by atoms with Gasteiger partial charge in [0.2, 0.25) is 0 Å². The van der Waals surface area contributed by atoms with Crippen molar-refractivity contribution >= 4 is 5.91 Å². The highest BCUT2D eigenvalue weighted by atomic mass is 19.1. The van der Waals surface area contributed by atoms with E-state index in [4.69, 9.17) is 5.73 Å². The third-order valence-corrected chi connectivity index (χ3v) is 2.54. The molecule has 1 amide bonds. The first-order valence-corrected chi connectivity index (χ1v) is 4.86. The molecule has 0 aliphatic heterocycles. The van der Waals surface area contributed by atoms with Crippen LogP contribution in [0.15, 0.2) is 24.3 Å². The van der Waals surface area contributed by atoms with Gasteiger partial charge in [-0.2, -0.15) is 0 Å². The monoisotopic (exact) mass is 211 g/mol. The molecule has 1 aromatic rings. The Morgan fingerprint density at radius 3 is 2.80 bits per heavy atom. The van der Waals surface area contributed by atoms with Crippen molar-refractivity contribution in [2.45, 2.75) is 19.5 Å². The zero-order chi connectivity index (χ0) is 11.4. The topological polar surface area (TPSA) is 47.5 Å². The smallest absolute Gasteiger partial charge is 0.275 e. The average Bonchev–Trinajstić information content (AvgIpc) is 2.16. The number of carbonyl (C=O) groups is 1. The Morgan fingerprint density at radius 2 is 2.27 bits per heavy atom. The molecule has 1 aromatic carbocycles. The molecular formula is C11H16FN2O+. The van der Waals surface area contributed by atoms with Crippen molar-refractivity contribution in [1.82, 2.24) is 0 Å². The van der Waals surface area contributed by atoms with Crippen molar-refractivity contribution < 1.29 is 14.1 Å². The van der Waals surface area contributed by atoms with Crippen LogP contribution in [0, 0.1) is 5.82 Å². The molecule has 3 nitrogen and oxygen atoms in total. The van der Waals surface area contributed by atoms with Crippen molar-refractivity contribution in [3.8, 4) is 0 Å². The highest BCUT2D eigenvalue weighted by Gasteiger charge is 2.18. The predicted octanol–water partition coefficient (Wildman–Crippen LogP) is -0.286. The summed E-state index contributed by atoms with van der Waals surface area (Å²) in [6.07, 6.45) is 0. The summed E-state index contributed by atoms with van der Waals surface area (Å²) in [6.45, 7) is 2.35. The van der Waals surface area contributed by atoms with Crippen LogP contribution in [0.5, 0.6) is 0 Å².